The number of amides is 1. The molecule has 0 aliphatic heterocycles. The Hall–Kier alpha value is -3.20. The maximum atomic E-state index is 12.6. The average Bonchev–Trinajstić information content (AvgIpc) is 3.29. The van der Waals surface area contributed by atoms with Gasteiger partial charge in [-0.3, -0.25) is 4.79 Å². The van der Waals surface area contributed by atoms with Gasteiger partial charge in [0.2, 0.25) is 4.96 Å². The number of fused-ring (bicyclic) bond motifs is 1. The number of rotatable bonds is 5. The Morgan fingerprint density at radius 1 is 1.13 bits per heavy atom. The number of hydrogen-bond acceptors (Lipinski definition) is 4. The van der Waals surface area contributed by atoms with Gasteiger partial charge >= 0.3 is 6.18 Å². The molecule has 30 heavy (non-hydrogen) atoms. The lowest BCUT2D eigenvalue weighted by atomic mass is 10.1. The minimum absolute atomic E-state index is 0.182. The first-order chi connectivity index (χ1) is 14.3. The molecule has 0 saturated heterocycles. The second-order valence-electron chi connectivity index (χ2n) is 6.75. The largest absolute Gasteiger partial charge is 0.416 e. The summed E-state index contributed by atoms with van der Waals surface area (Å²) in [6.45, 7) is 2.33. The summed E-state index contributed by atoms with van der Waals surface area (Å²) in [5.74, 6) is 0.226. The summed E-state index contributed by atoms with van der Waals surface area (Å²) in [4.78, 5) is 17.5. The normalized spacial score (nSPS) is 11.7. The van der Waals surface area contributed by atoms with Crippen molar-refractivity contribution in [2.24, 2.45) is 0 Å². The van der Waals surface area contributed by atoms with E-state index >= 15 is 0 Å². The van der Waals surface area contributed by atoms with E-state index in [2.05, 4.69) is 15.4 Å². The highest BCUT2D eigenvalue weighted by Crippen LogP contribution is 2.29. The van der Waals surface area contributed by atoms with E-state index in [0.29, 0.717) is 18.8 Å². The predicted molar refractivity (Wildman–Crippen MR) is 109 cm³/mol. The summed E-state index contributed by atoms with van der Waals surface area (Å²) in [6, 6.07) is 12.0. The summed E-state index contributed by atoms with van der Waals surface area (Å²) in [5, 5.41) is 9.25. The lowest BCUT2D eigenvalue weighted by Gasteiger charge is -2.08. The molecule has 2 heterocycles. The minimum Gasteiger partial charge on any atom is -0.352 e. The van der Waals surface area contributed by atoms with Crippen molar-refractivity contribution < 1.29 is 18.0 Å². The quantitative estimate of drug-likeness (QED) is 0.497. The van der Waals surface area contributed by atoms with Gasteiger partial charge in [0.15, 0.2) is 5.82 Å². The van der Waals surface area contributed by atoms with Gasteiger partial charge in [-0.25, -0.2) is 4.52 Å². The molecular weight excluding hydrogens is 413 g/mol. The van der Waals surface area contributed by atoms with E-state index < -0.39 is 17.6 Å². The summed E-state index contributed by atoms with van der Waals surface area (Å²) < 4.78 is 39.6. The van der Waals surface area contributed by atoms with Crippen LogP contribution in [0.1, 0.15) is 27.2 Å². The molecule has 4 rings (SSSR count). The molecule has 0 atom stereocenters. The number of halogens is 3. The third-order valence-electron chi connectivity index (χ3n) is 4.68. The van der Waals surface area contributed by atoms with Crippen LogP contribution in [0.3, 0.4) is 0 Å². The Bertz CT molecular complexity index is 1200. The van der Waals surface area contributed by atoms with Gasteiger partial charge in [0.1, 0.15) is 0 Å². The number of carbonyl (C=O) groups excluding carboxylic acids is 1. The standard InChI is InChI=1S/C21H17F3N4OS/c1-13-4-2-3-5-17(13)18-26-20-28(27-18)16(12-30-20)10-11-25-19(29)14-6-8-15(9-7-14)21(22,23)24/h2-9,12H,10-11H2,1H3,(H,25,29). The molecule has 9 heteroatoms. The number of hydrogen-bond donors (Lipinski definition) is 1. The minimum atomic E-state index is -4.42. The first kappa shape index (κ1) is 20.1. The molecule has 0 unspecified atom stereocenters. The van der Waals surface area contributed by atoms with E-state index in [4.69, 9.17) is 0 Å². The third kappa shape index (κ3) is 4.06. The molecule has 1 N–H and O–H groups in total. The molecule has 0 aliphatic carbocycles. The van der Waals surface area contributed by atoms with Gasteiger partial charge in [-0.15, -0.1) is 16.4 Å². The summed E-state index contributed by atoms with van der Waals surface area (Å²) in [5.41, 5.74) is 2.35. The Labute approximate surface area is 174 Å². The van der Waals surface area contributed by atoms with Crippen LogP contribution in [0.25, 0.3) is 16.3 Å². The van der Waals surface area contributed by atoms with E-state index in [1.807, 2.05) is 36.6 Å². The lowest BCUT2D eigenvalue weighted by molar-refractivity contribution is -0.137. The fourth-order valence-corrected chi connectivity index (χ4v) is 3.91. The van der Waals surface area contributed by atoms with Gasteiger partial charge in [-0.1, -0.05) is 24.3 Å². The zero-order valence-corrected chi connectivity index (χ0v) is 16.7. The monoisotopic (exact) mass is 430 g/mol. The number of benzene rings is 2. The number of aryl methyl sites for hydroxylation is 1. The van der Waals surface area contributed by atoms with Crippen molar-refractivity contribution in [1.82, 2.24) is 19.9 Å². The maximum Gasteiger partial charge on any atom is 0.416 e. The van der Waals surface area contributed by atoms with E-state index in [9.17, 15) is 18.0 Å². The topological polar surface area (TPSA) is 59.3 Å². The molecule has 2 aromatic heterocycles. The molecular formula is C21H17F3N4OS. The van der Waals surface area contributed by atoms with Crippen molar-refractivity contribution in [3.63, 3.8) is 0 Å². The van der Waals surface area contributed by atoms with Crippen LogP contribution in [-0.2, 0) is 12.6 Å². The third-order valence-corrected chi connectivity index (χ3v) is 5.54. The summed E-state index contributed by atoms with van der Waals surface area (Å²) >= 11 is 1.46. The molecule has 2 aromatic carbocycles. The Morgan fingerprint density at radius 2 is 1.87 bits per heavy atom. The number of nitrogens with one attached hydrogen (secondary N) is 1. The van der Waals surface area contributed by atoms with E-state index in [1.165, 1.54) is 23.5 Å². The molecule has 154 valence electrons. The number of alkyl halides is 3. The van der Waals surface area contributed by atoms with Crippen molar-refractivity contribution in [2.75, 3.05) is 6.54 Å². The van der Waals surface area contributed by atoms with Crippen molar-refractivity contribution in [3.8, 4) is 11.4 Å². The maximum absolute atomic E-state index is 12.6. The molecule has 0 fully saturated rings. The average molecular weight is 430 g/mol. The van der Waals surface area contributed by atoms with Crippen LogP contribution in [0.15, 0.2) is 53.9 Å². The lowest BCUT2D eigenvalue weighted by Crippen LogP contribution is -2.26. The van der Waals surface area contributed by atoms with Crippen LogP contribution >= 0.6 is 11.3 Å². The fourth-order valence-electron chi connectivity index (χ4n) is 3.05. The van der Waals surface area contributed by atoms with Gasteiger partial charge in [0.25, 0.3) is 5.91 Å². The van der Waals surface area contributed by atoms with Gasteiger partial charge in [0.05, 0.1) is 11.3 Å². The van der Waals surface area contributed by atoms with Crippen LogP contribution in [0.4, 0.5) is 13.2 Å². The molecule has 0 bridgehead atoms. The molecule has 5 nitrogen and oxygen atoms in total. The first-order valence-electron chi connectivity index (χ1n) is 9.17. The van der Waals surface area contributed by atoms with Crippen molar-refractivity contribution in [3.05, 3.63) is 76.3 Å². The number of nitrogens with zero attached hydrogens (tertiary/aromatic N) is 3. The second-order valence-corrected chi connectivity index (χ2v) is 7.59. The summed E-state index contributed by atoms with van der Waals surface area (Å²) in [6.07, 6.45) is -3.91. The van der Waals surface area contributed by atoms with Crippen LogP contribution in [0.5, 0.6) is 0 Å². The molecule has 0 saturated carbocycles. The van der Waals surface area contributed by atoms with Crippen LogP contribution < -0.4 is 5.32 Å². The zero-order chi connectivity index (χ0) is 21.3. The highest BCUT2D eigenvalue weighted by atomic mass is 32.1. The molecule has 4 aromatic rings. The van der Waals surface area contributed by atoms with E-state index in [-0.39, 0.29) is 5.56 Å². The molecule has 0 spiro atoms. The highest BCUT2D eigenvalue weighted by molar-refractivity contribution is 7.15. The smallest absolute Gasteiger partial charge is 0.352 e. The number of carbonyl (C=O) groups is 1. The summed E-state index contributed by atoms with van der Waals surface area (Å²) in [7, 11) is 0. The van der Waals surface area contributed by atoms with Crippen LogP contribution in [0.2, 0.25) is 0 Å². The van der Waals surface area contributed by atoms with Crippen molar-refractivity contribution in [2.45, 2.75) is 19.5 Å². The second kappa shape index (κ2) is 7.91. The van der Waals surface area contributed by atoms with Crippen LogP contribution in [0, 0.1) is 6.92 Å². The van der Waals surface area contributed by atoms with Crippen molar-refractivity contribution >= 4 is 22.2 Å². The fraction of sp³-hybridized carbons (Fsp3) is 0.190. The van der Waals surface area contributed by atoms with E-state index in [0.717, 1.165) is 33.9 Å². The van der Waals surface area contributed by atoms with Gasteiger partial charge in [-0.2, -0.15) is 18.2 Å². The van der Waals surface area contributed by atoms with E-state index in [1.54, 1.807) is 4.52 Å². The van der Waals surface area contributed by atoms with Gasteiger partial charge < -0.3 is 5.32 Å². The van der Waals surface area contributed by atoms with Crippen LogP contribution in [-0.4, -0.2) is 27.0 Å². The SMILES string of the molecule is Cc1ccccc1-c1nc2scc(CCNC(=O)c3ccc(C(F)(F)F)cc3)n2n1. The Balaban J connectivity index is 1.42. The Morgan fingerprint density at radius 3 is 2.57 bits per heavy atom. The molecule has 1 amide bonds. The zero-order valence-electron chi connectivity index (χ0n) is 15.9. The number of thiazole rings is 1. The van der Waals surface area contributed by atoms with Gasteiger partial charge in [-0.05, 0) is 36.8 Å². The van der Waals surface area contributed by atoms with Crippen molar-refractivity contribution in [1.29, 1.82) is 0 Å². The first-order valence-corrected chi connectivity index (χ1v) is 10.1. The van der Waals surface area contributed by atoms with Gasteiger partial charge in [0, 0.05) is 29.5 Å². The molecule has 0 aliphatic rings. The molecule has 0 radical (unpaired) electrons. The predicted octanol–water partition coefficient (Wildman–Crippen LogP) is 4.76. The Kier molecular flexibility index (Phi) is 5.29. The highest BCUT2D eigenvalue weighted by Gasteiger charge is 2.30. The number of aromatic nitrogens is 3.